The minimum absolute atomic E-state index is 0.0843. The number of halogens is 1. The smallest absolute Gasteiger partial charge is 0.251 e. The molecule has 0 fully saturated rings. The first-order valence-electron chi connectivity index (χ1n) is 6.85. The van der Waals surface area contributed by atoms with Crippen molar-refractivity contribution < 1.29 is 4.79 Å². The molecule has 5 heteroatoms. The summed E-state index contributed by atoms with van der Waals surface area (Å²) in [5.41, 5.74) is 3.74. The van der Waals surface area contributed by atoms with E-state index in [1.54, 1.807) is 18.3 Å². The van der Waals surface area contributed by atoms with Gasteiger partial charge in [0.05, 0.1) is 5.69 Å². The van der Waals surface area contributed by atoms with Gasteiger partial charge in [0.1, 0.15) is 0 Å². The number of nitrogens with one attached hydrogen (secondary N) is 2. The number of nitrogens with zero attached hydrogens (tertiary/aromatic N) is 1. The third-order valence-electron chi connectivity index (χ3n) is 3.31. The summed E-state index contributed by atoms with van der Waals surface area (Å²) in [6.45, 7) is 0.495. The van der Waals surface area contributed by atoms with Crippen molar-refractivity contribution in [2.75, 3.05) is 0 Å². The SMILES string of the molecule is O=C(NCc1ccc(-c2ccn[nH]2)cc1)c1cccc(Br)c1. The van der Waals surface area contributed by atoms with Crippen LogP contribution >= 0.6 is 15.9 Å². The van der Waals surface area contributed by atoms with E-state index in [0.29, 0.717) is 12.1 Å². The number of hydrogen-bond acceptors (Lipinski definition) is 2. The van der Waals surface area contributed by atoms with E-state index in [4.69, 9.17) is 0 Å². The fraction of sp³-hybridized carbons (Fsp3) is 0.0588. The monoisotopic (exact) mass is 355 g/mol. The van der Waals surface area contributed by atoms with Gasteiger partial charge in [-0.05, 0) is 35.4 Å². The first-order chi connectivity index (χ1) is 10.7. The normalized spacial score (nSPS) is 10.4. The molecule has 2 N–H and O–H groups in total. The van der Waals surface area contributed by atoms with Gasteiger partial charge >= 0.3 is 0 Å². The van der Waals surface area contributed by atoms with Gasteiger partial charge in [0.25, 0.3) is 5.91 Å². The zero-order chi connectivity index (χ0) is 15.4. The highest BCUT2D eigenvalue weighted by Gasteiger charge is 2.05. The lowest BCUT2D eigenvalue weighted by Crippen LogP contribution is -2.22. The van der Waals surface area contributed by atoms with Gasteiger partial charge in [-0.25, -0.2) is 0 Å². The number of amides is 1. The van der Waals surface area contributed by atoms with Gasteiger partial charge < -0.3 is 5.32 Å². The summed E-state index contributed by atoms with van der Waals surface area (Å²) in [6.07, 6.45) is 1.72. The average Bonchev–Trinajstić information content (AvgIpc) is 3.07. The minimum atomic E-state index is -0.0843. The fourth-order valence-corrected chi connectivity index (χ4v) is 2.53. The molecule has 0 saturated carbocycles. The van der Waals surface area contributed by atoms with Crippen LogP contribution < -0.4 is 5.32 Å². The summed E-state index contributed by atoms with van der Waals surface area (Å²) < 4.78 is 0.893. The second kappa shape index (κ2) is 6.58. The Morgan fingerprint density at radius 3 is 2.64 bits per heavy atom. The summed E-state index contributed by atoms with van der Waals surface area (Å²) >= 11 is 3.37. The van der Waals surface area contributed by atoms with Crippen LogP contribution in [0, 0.1) is 0 Å². The van der Waals surface area contributed by atoms with Gasteiger partial charge in [0.2, 0.25) is 0 Å². The van der Waals surface area contributed by atoms with Gasteiger partial charge in [0, 0.05) is 22.8 Å². The topological polar surface area (TPSA) is 57.8 Å². The van der Waals surface area contributed by atoms with Crippen LogP contribution in [0.5, 0.6) is 0 Å². The van der Waals surface area contributed by atoms with Crippen molar-refractivity contribution in [1.82, 2.24) is 15.5 Å². The third-order valence-corrected chi connectivity index (χ3v) is 3.80. The van der Waals surface area contributed by atoms with E-state index in [1.807, 2.05) is 42.5 Å². The summed E-state index contributed by atoms with van der Waals surface area (Å²) in [7, 11) is 0. The highest BCUT2D eigenvalue weighted by atomic mass is 79.9. The molecule has 0 spiro atoms. The van der Waals surface area contributed by atoms with Crippen LogP contribution in [-0.2, 0) is 6.54 Å². The van der Waals surface area contributed by atoms with Gasteiger partial charge in [-0.2, -0.15) is 5.10 Å². The molecule has 0 radical (unpaired) electrons. The molecule has 0 atom stereocenters. The molecule has 1 amide bonds. The summed E-state index contributed by atoms with van der Waals surface area (Å²) in [5, 5.41) is 9.78. The van der Waals surface area contributed by atoms with E-state index in [9.17, 15) is 4.79 Å². The lowest BCUT2D eigenvalue weighted by atomic mass is 10.1. The molecule has 4 nitrogen and oxygen atoms in total. The molecule has 0 bridgehead atoms. The van der Waals surface area contributed by atoms with Crippen LogP contribution in [0.4, 0.5) is 0 Å². The van der Waals surface area contributed by atoms with Gasteiger partial charge in [-0.15, -0.1) is 0 Å². The summed E-state index contributed by atoms with van der Waals surface area (Å²) in [6, 6.07) is 17.3. The second-order valence-corrected chi connectivity index (χ2v) is 5.78. The zero-order valence-corrected chi connectivity index (χ0v) is 13.3. The van der Waals surface area contributed by atoms with E-state index in [0.717, 1.165) is 21.3 Å². The molecule has 0 aliphatic rings. The molecule has 1 aromatic heterocycles. The second-order valence-electron chi connectivity index (χ2n) is 4.86. The maximum Gasteiger partial charge on any atom is 0.251 e. The van der Waals surface area contributed by atoms with Crippen LogP contribution in [0.3, 0.4) is 0 Å². The molecule has 22 heavy (non-hydrogen) atoms. The number of aromatic amines is 1. The van der Waals surface area contributed by atoms with Crippen molar-refractivity contribution in [2.45, 2.75) is 6.54 Å². The maximum absolute atomic E-state index is 12.1. The molecular weight excluding hydrogens is 342 g/mol. The predicted octanol–water partition coefficient (Wildman–Crippen LogP) is 3.77. The van der Waals surface area contributed by atoms with Crippen molar-refractivity contribution in [1.29, 1.82) is 0 Å². The third kappa shape index (κ3) is 3.43. The lowest BCUT2D eigenvalue weighted by Gasteiger charge is -2.06. The molecule has 3 aromatic rings. The molecular formula is C17H14BrN3O. The van der Waals surface area contributed by atoms with E-state index in [-0.39, 0.29) is 5.91 Å². The Balaban J connectivity index is 1.63. The van der Waals surface area contributed by atoms with Gasteiger partial charge in [0.15, 0.2) is 0 Å². The van der Waals surface area contributed by atoms with Crippen LogP contribution in [0.2, 0.25) is 0 Å². The number of H-pyrrole nitrogens is 1. The summed E-state index contributed by atoms with van der Waals surface area (Å²) in [4.78, 5) is 12.1. The predicted molar refractivity (Wildman–Crippen MR) is 89.3 cm³/mol. The molecule has 3 rings (SSSR count). The first kappa shape index (κ1) is 14.5. The highest BCUT2D eigenvalue weighted by molar-refractivity contribution is 9.10. The Bertz CT molecular complexity index is 767. The van der Waals surface area contributed by atoms with Crippen LogP contribution in [0.15, 0.2) is 65.3 Å². The molecule has 110 valence electrons. The van der Waals surface area contributed by atoms with Crippen molar-refractivity contribution >= 4 is 21.8 Å². The standard InChI is InChI=1S/C17H14BrN3O/c18-15-3-1-2-14(10-15)17(22)19-11-12-4-6-13(7-5-12)16-8-9-20-21-16/h1-10H,11H2,(H,19,22)(H,20,21). The lowest BCUT2D eigenvalue weighted by molar-refractivity contribution is 0.0951. The first-order valence-corrected chi connectivity index (χ1v) is 7.64. The average molecular weight is 356 g/mol. The number of carbonyl (C=O) groups excluding carboxylic acids is 1. The quantitative estimate of drug-likeness (QED) is 0.748. The summed E-state index contributed by atoms with van der Waals surface area (Å²) in [5.74, 6) is -0.0843. The molecule has 0 aliphatic heterocycles. The van der Waals surface area contributed by atoms with Crippen LogP contribution in [0.25, 0.3) is 11.3 Å². The van der Waals surface area contributed by atoms with E-state index in [1.165, 1.54) is 0 Å². The largest absolute Gasteiger partial charge is 0.348 e. The fourth-order valence-electron chi connectivity index (χ4n) is 2.13. The van der Waals surface area contributed by atoms with Crippen molar-refractivity contribution in [2.24, 2.45) is 0 Å². The maximum atomic E-state index is 12.1. The van der Waals surface area contributed by atoms with E-state index < -0.39 is 0 Å². The van der Waals surface area contributed by atoms with Gasteiger partial charge in [-0.3, -0.25) is 9.89 Å². The van der Waals surface area contributed by atoms with Crippen molar-refractivity contribution in [3.05, 3.63) is 76.4 Å². The molecule has 0 unspecified atom stereocenters. The van der Waals surface area contributed by atoms with Crippen molar-refractivity contribution in [3.63, 3.8) is 0 Å². The Kier molecular flexibility index (Phi) is 4.34. The van der Waals surface area contributed by atoms with E-state index in [2.05, 4.69) is 31.4 Å². The molecule has 0 aliphatic carbocycles. The minimum Gasteiger partial charge on any atom is -0.348 e. The van der Waals surface area contributed by atoms with Gasteiger partial charge in [-0.1, -0.05) is 46.3 Å². The number of aromatic nitrogens is 2. The van der Waals surface area contributed by atoms with Crippen LogP contribution in [0.1, 0.15) is 15.9 Å². The molecule has 1 heterocycles. The highest BCUT2D eigenvalue weighted by Crippen LogP contribution is 2.16. The molecule has 2 aromatic carbocycles. The zero-order valence-electron chi connectivity index (χ0n) is 11.7. The Hall–Kier alpha value is -2.40. The number of rotatable bonds is 4. The van der Waals surface area contributed by atoms with E-state index >= 15 is 0 Å². The number of carbonyl (C=O) groups is 1. The van der Waals surface area contributed by atoms with Crippen molar-refractivity contribution in [3.8, 4) is 11.3 Å². The number of hydrogen-bond donors (Lipinski definition) is 2. The Morgan fingerprint density at radius 1 is 1.14 bits per heavy atom. The number of benzene rings is 2. The Morgan fingerprint density at radius 2 is 1.95 bits per heavy atom. The Labute approximate surface area is 136 Å². The van der Waals surface area contributed by atoms with Crippen LogP contribution in [-0.4, -0.2) is 16.1 Å². The molecule has 0 saturated heterocycles.